The normalized spacial score (nSPS) is 11.8. The average Bonchev–Trinajstić information content (AvgIpc) is 3.27. The Bertz CT molecular complexity index is 1680. The molecule has 4 N–H and O–H groups in total. The van der Waals surface area contributed by atoms with Crippen LogP contribution in [0.2, 0.25) is 0 Å². The highest BCUT2D eigenvalue weighted by molar-refractivity contribution is 5.86. The van der Waals surface area contributed by atoms with E-state index in [1.54, 1.807) is 0 Å². The van der Waals surface area contributed by atoms with Gasteiger partial charge >= 0.3 is 18.3 Å². The van der Waals surface area contributed by atoms with Crippen LogP contribution in [0.1, 0.15) is 27.9 Å². The molecule has 0 amide bonds. The highest BCUT2D eigenvalue weighted by Crippen LogP contribution is 2.31. The van der Waals surface area contributed by atoms with E-state index in [4.69, 9.17) is 20.4 Å². The summed E-state index contributed by atoms with van der Waals surface area (Å²) in [4.78, 5) is 12.3. The molecule has 42 heavy (non-hydrogen) atoms. The van der Waals surface area contributed by atoms with E-state index in [0.29, 0.717) is 26.0 Å². The lowest BCUT2D eigenvalue weighted by Crippen LogP contribution is -2.21. The van der Waals surface area contributed by atoms with Crippen LogP contribution in [0, 0.1) is 0 Å². The first-order valence-electron chi connectivity index (χ1n) is 12.8. The number of carboxylic acid groups (broad SMARTS) is 1. The third kappa shape index (κ3) is 7.61. The maximum Gasteiger partial charge on any atom is 0.490 e. The standard InChI is InChI=1S/C29H25F3N2O.C2HF3O2/c30-29(31,32)23-9-6-19(7-10-23)16-28-25(13-14-33)26-17-24(11-12-27(26)34-28)35-18-20-5-8-21-3-1-2-4-22(21)15-20;3-2(4,5)1(6)7/h1-12,15,17,34H,13-14,16,18,33H2;(H,6,7). The van der Waals surface area contributed by atoms with Crippen molar-refractivity contribution in [1.82, 2.24) is 4.98 Å². The minimum absolute atomic E-state index is 0.450. The molecule has 0 saturated carbocycles. The molecule has 1 aromatic heterocycles. The first kappa shape index (κ1) is 30.4. The van der Waals surface area contributed by atoms with Crippen molar-refractivity contribution < 1.29 is 41.0 Å². The van der Waals surface area contributed by atoms with Crippen LogP contribution in [0.4, 0.5) is 26.3 Å². The number of benzene rings is 4. The molecule has 4 aromatic carbocycles. The Morgan fingerprint density at radius 1 is 0.833 bits per heavy atom. The van der Waals surface area contributed by atoms with E-state index < -0.39 is 23.9 Å². The molecule has 0 atom stereocenters. The van der Waals surface area contributed by atoms with E-state index in [2.05, 4.69) is 35.3 Å². The number of halogens is 6. The number of hydrogen-bond acceptors (Lipinski definition) is 3. The van der Waals surface area contributed by atoms with Crippen LogP contribution in [0.25, 0.3) is 21.7 Å². The van der Waals surface area contributed by atoms with Gasteiger partial charge in [-0.25, -0.2) is 4.79 Å². The largest absolute Gasteiger partial charge is 0.490 e. The Morgan fingerprint density at radius 3 is 2.10 bits per heavy atom. The molecule has 0 spiro atoms. The van der Waals surface area contributed by atoms with Crippen LogP contribution < -0.4 is 10.5 Å². The minimum Gasteiger partial charge on any atom is -0.489 e. The summed E-state index contributed by atoms with van der Waals surface area (Å²) >= 11 is 0. The van der Waals surface area contributed by atoms with Crippen LogP contribution >= 0.6 is 0 Å². The van der Waals surface area contributed by atoms with E-state index in [9.17, 15) is 26.3 Å². The number of ether oxygens (including phenoxy) is 1. The molecule has 0 radical (unpaired) electrons. The Labute approximate surface area is 236 Å². The fourth-order valence-corrected chi connectivity index (χ4v) is 4.46. The maximum absolute atomic E-state index is 12.9. The van der Waals surface area contributed by atoms with Crippen LogP contribution in [0.5, 0.6) is 5.75 Å². The SMILES string of the molecule is NCCc1c(Cc2ccc(C(F)(F)F)cc2)[nH]c2ccc(OCc3ccc4ccccc4c3)cc12.O=C(O)C(F)(F)F. The smallest absolute Gasteiger partial charge is 0.489 e. The van der Waals surface area contributed by atoms with Gasteiger partial charge in [0.25, 0.3) is 0 Å². The first-order valence-corrected chi connectivity index (χ1v) is 12.8. The van der Waals surface area contributed by atoms with E-state index in [0.717, 1.165) is 51.2 Å². The number of nitrogens with one attached hydrogen (secondary N) is 1. The number of aliphatic carboxylic acids is 1. The molecule has 1 heterocycles. The van der Waals surface area contributed by atoms with Crippen LogP contribution in [-0.2, 0) is 30.4 Å². The molecule has 11 heteroatoms. The minimum atomic E-state index is -5.08. The third-order valence-corrected chi connectivity index (χ3v) is 6.48. The number of aromatic nitrogens is 1. The van der Waals surface area contributed by atoms with Gasteiger partial charge in [-0.15, -0.1) is 0 Å². The molecule has 5 aromatic rings. The number of H-pyrrole nitrogens is 1. The summed E-state index contributed by atoms with van der Waals surface area (Å²) in [5.41, 5.74) is 10.1. The number of carbonyl (C=O) groups is 1. The highest BCUT2D eigenvalue weighted by Gasteiger charge is 2.38. The van der Waals surface area contributed by atoms with Gasteiger partial charge in [0.2, 0.25) is 0 Å². The number of alkyl halides is 6. The van der Waals surface area contributed by atoms with Crippen molar-refractivity contribution >= 4 is 27.6 Å². The molecule has 5 nitrogen and oxygen atoms in total. The van der Waals surface area contributed by atoms with Gasteiger partial charge in [-0.3, -0.25) is 0 Å². The van der Waals surface area contributed by atoms with E-state index in [-0.39, 0.29) is 0 Å². The molecule has 0 aliphatic heterocycles. The average molecular weight is 589 g/mol. The lowest BCUT2D eigenvalue weighted by atomic mass is 10.0. The second-order valence-electron chi connectivity index (χ2n) is 9.47. The molecule has 0 fully saturated rings. The number of rotatable bonds is 7. The van der Waals surface area contributed by atoms with Gasteiger partial charge in [0.1, 0.15) is 12.4 Å². The summed E-state index contributed by atoms with van der Waals surface area (Å²) in [6, 6.07) is 25.7. The summed E-state index contributed by atoms with van der Waals surface area (Å²) in [6.07, 6.45) is -8.27. The Balaban J connectivity index is 0.000000517. The molecule has 5 rings (SSSR count). The van der Waals surface area contributed by atoms with Gasteiger partial charge in [0.15, 0.2) is 0 Å². The third-order valence-electron chi connectivity index (χ3n) is 6.48. The van der Waals surface area contributed by atoms with Crippen molar-refractivity contribution in [3.63, 3.8) is 0 Å². The molecular weight excluding hydrogens is 562 g/mol. The second kappa shape index (κ2) is 12.6. The van der Waals surface area contributed by atoms with Crippen molar-refractivity contribution in [2.75, 3.05) is 6.54 Å². The Kier molecular flexibility index (Phi) is 9.11. The molecule has 220 valence electrons. The van der Waals surface area contributed by atoms with Gasteiger partial charge in [-0.05, 0) is 76.8 Å². The molecule has 0 aliphatic rings. The number of carboxylic acids is 1. The topological polar surface area (TPSA) is 88.3 Å². The first-order chi connectivity index (χ1) is 19.8. The zero-order chi connectivity index (χ0) is 30.5. The van der Waals surface area contributed by atoms with Gasteiger partial charge in [-0.2, -0.15) is 26.3 Å². The van der Waals surface area contributed by atoms with E-state index in [1.807, 2.05) is 30.3 Å². The zero-order valence-corrected chi connectivity index (χ0v) is 22.0. The Hall–Kier alpha value is -4.51. The summed E-state index contributed by atoms with van der Waals surface area (Å²) in [7, 11) is 0. The molecule has 0 bridgehead atoms. The number of hydrogen-bond donors (Lipinski definition) is 3. The lowest BCUT2D eigenvalue weighted by molar-refractivity contribution is -0.192. The van der Waals surface area contributed by atoms with Crippen molar-refractivity contribution in [2.45, 2.75) is 31.8 Å². The quantitative estimate of drug-likeness (QED) is 0.171. The zero-order valence-electron chi connectivity index (χ0n) is 22.0. The molecule has 0 aliphatic carbocycles. The highest BCUT2D eigenvalue weighted by atomic mass is 19.4. The fraction of sp³-hybridized carbons (Fsp3) is 0.194. The van der Waals surface area contributed by atoms with Crippen molar-refractivity contribution in [3.05, 3.63) is 113 Å². The summed E-state index contributed by atoms with van der Waals surface area (Å²) in [6.45, 7) is 0.917. The summed E-state index contributed by atoms with van der Waals surface area (Å²) < 4.78 is 76.5. The number of nitrogens with two attached hydrogens (primary N) is 1. The van der Waals surface area contributed by atoms with Crippen LogP contribution in [-0.4, -0.2) is 28.8 Å². The number of fused-ring (bicyclic) bond motifs is 2. The summed E-state index contributed by atoms with van der Waals surface area (Å²) in [5, 5.41) is 10.5. The number of aromatic amines is 1. The molecule has 0 unspecified atom stereocenters. The maximum atomic E-state index is 12.9. The van der Waals surface area contributed by atoms with E-state index in [1.165, 1.54) is 22.9 Å². The van der Waals surface area contributed by atoms with Crippen LogP contribution in [0.15, 0.2) is 84.9 Å². The molecular formula is C31H26F6N2O3. The van der Waals surface area contributed by atoms with Gasteiger partial charge in [-0.1, -0.05) is 48.5 Å². The van der Waals surface area contributed by atoms with Crippen molar-refractivity contribution in [1.29, 1.82) is 0 Å². The van der Waals surface area contributed by atoms with Crippen molar-refractivity contribution in [3.8, 4) is 5.75 Å². The van der Waals surface area contributed by atoms with Gasteiger partial charge in [0, 0.05) is 23.0 Å². The van der Waals surface area contributed by atoms with E-state index >= 15 is 0 Å². The monoisotopic (exact) mass is 588 g/mol. The van der Waals surface area contributed by atoms with Crippen LogP contribution in [0.3, 0.4) is 0 Å². The fourth-order valence-electron chi connectivity index (χ4n) is 4.46. The predicted molar refractivity (Wildman–Crippen MR) is 147 cm³/mol. The molecule has 0 saturated heterocycles. The van der Waals surface area contributed by atoms with Crippen molar-refractivity contribution in [2.24, 2.45) is 5.73 Å². The summed E-state index contributed by atoms with van der Waals surface area (Å²) in [5.74, 6) is -2.00. The lowest BCUT2D eigenvalue weighted by Gasteiger charge is -2.09. The van der Waals surface area contributed by atoms with Gasteiger partial charge < -0.3 is 20.6 Å². The second-order valence-corrected chi connectivity index (χ2v) is 9.47. The Morgan fingerprint density at radius 2 is 1.48 bits per heavy atom. The predicted octanol–water partition coefficient (Wildman–Crippen LogP) is 7.64. The van der Waals surface area contributed by atoms with Gasteiger partial charge in [0.05, 0.1) is 5.56 Å².